The Morgan fingerprint density at radius 2 is 1.74 bits per heavy atom. The first-order chi connectivity index (χ1) is 20.6. The molecule has 2 aliphatic heterocycles. The fourth-order valence-corrected chi connectivity index (χ4v) is 7.30. The molecule has 5 rings (SSSR count). The van der Waals surface area contributed by atoms with Gasteiger partial charge in [0.25, 0.3) is 5.91 Å². The number of hydrogen-bond acceptors (Lipinski definition) is 6. The van der Waals surface area contributed by atoms with Gasteiger partial charge in [0.2, 0.25) is 11.8 Å². The summed E-state index contributed by atoms with van der Waals surface area (Å²) in [5.41, 5.74) is 2.94. The van der Waals surface area contributed by atoms with E-state index >= 15 is 0 Å². The van der Waals surface area contributed by atoms with Crippen molar-refractivity contribution in [3.8, 4) is 5.69 Å². The van der Waals surface area contributed by atoms with Crippen LogP contribution in [0.15, 0.2) is 24.3 Å². The first-order valence-electron chi connectivity index (χ1n) is 16.1. The summed E-state index contributed by atoms with van der Waals surface area (Å²) >= 11 is 0. The summed E-state index contributed by atoms with van der Waals surface area (Å²) in [6.07, 6.45) is 7.69. The van der Waals surface area contributed by atoms with Gasteiger partial charge in [-0.05, 0) is 70.2 Å². The van der Waals surface area contributed by atoms with Gasteiger partial charge >= 0.3 is 0 Å². The molecule has 0 radical (unpaired) electrons. The Hall–Kier alpha value is -3.24. The number of carbonyl (C=O) groups is 3. The Kier molecular flexibility index (Phi) is 9.27. The SMILES string of the molecule is CCCCN1C(=O)[C@@H](CC2(O)CCCCC2)NC(=O)C12CCN(Cc1c(C)nn(-c3ccc(C(=O)NC)cc3)c1C)CC2. The van der Waals surface area contributed by atoms with Gasteiger partial charge in [0.05, 0.1) is 17.0 Å². The number of aromatic nitrogens is 2. The molecule has 3 aliphatic rings. The minimum Gasteiger partial charge on any atom is -0.390 e. The number of aryl methyl sites for hydroxylation is 1. The standard InChI is InChI=1S/C33H48N6O4/c1-5-6-18-38-30(41)28(21-32(43)14-8-7-9-15-32)35-31(42)33(38)16-19-37(20-17-33)22-27-23(2)36-39(24(27)3)26-12-10-25(11-13-26)29(40)34-4/h10-13,28,43H,5-9,14-22H2,1-4H3,(H,34,40)(H,35,42)/t28-/m1/s1. The summed E-state index contributed by atoms with van der Waals surface area (Å²) in [6.45, 7) is 8.86. The second-order valence-corrected chi connectivity index (χ2v) is 12.9. The first-order valence-corrected chi connectivity index (χ1v) is 16.1. The summed E-state index contributed by atoms with van der Waals surface area (Å²) in [5, 5.41) is 21.7. The number of nitrogens with one attached hydrogen (secondary N) is 2. The zero-order valence-electron chi connectivity index (χ0n) is 26.2. The fourth-order valence-electron chi connectivity index (χ4n) is 7.30. The van der Waals surface area contributed by atoms with Gasteiger partial charge in [-0.15, -0.1) is 0 Å². The molecule has 10 nitrogen and oxygen atoms in total. The smallest absolute Gasteiger partial charge is 0.251 e. The van der Waals surface area contributed by atoms with Crippen LogP contribution in [0.5, 0.6) is 0 Å². The number of likely N-dealkylation sites (tertiary alicyclic amines) is 1. The van der Waals surface area contributed by atoms with E-state index in [9.17, 15) is 19.5 Å². The molecule has 1 atom stereocenters. The lowest BCUT2D eigenvalue weighted by molar-refractivity contribution is -0.163. The Labute approximate surface area is 255 Å². The van der Waals surface area contributed by atoms with Crippen LogP contribution in [0.2, 0.25) is 0 Å². The summed E-state index contributed by atoms with van der Waals surface area (Å²) in [5.74, 6) is -0.217. The molecular weight excluding hydrogens is 544 g/mol. The van der Waals surface area contributed by atoms with Crippen molar-refractivity contribution in [2.45, 2.75) is 109 Å². The van der Waals surface area contributed by atoms with Crippen LogP contribution in [0.1, 0.15) is 98.4 Å². The highest BCUT2D eigenvalue weighted by Gasteiger charge is 2.54. The number of carbonyl (C=O) groups excluding carboxylic acids is 3. The number of nitrogens with zero attached hydrogens (tertiary/aromatic N) is 4. The van der Waals surface area contributed by atoms with Crippen molar-refractivity contribution < 1.29 is 19.5 Å². The number of piperazine rings is 1. The third-order valence-corrected chi connectivity index (χ3v) is 10.0. The zero-order chi connectivity index (χ0) is 30.8. The van der Waals surface area contributed by atoms with Crippen molar-refractivity contribution in [1.29, 1.82) is 0 Å². The highest BCUT2D eigenvalue weighted by atomic mass is 16.3. The lowest BCUT2D eigenvalue weighted by atomic mass is 9.77. The maximum absolute atomic E-state index is 13.9. The predicted molar refractivity (Wildman–Crippen MR) is 165 cm³/mol. The average Bonchev–Trinajstić information content (AvgIpc) is 3.29. The molecule has 1 spiro atoms. The van der Waals surface area contributed by atoms with E-state index in [0.717, 1.165) is 54.7 Å². The van der Waals surface area contributed by atoms with Crippen molar-refractivity contribution in [3.05, 3.63) is 46.8 Å². The summed E-state index contributed by atoms with van der Waals surface area (Å²) < 4.78 is 1.92. The van der Waals surface area contributed by atoms with Crippen LogP contribution in [0.3, 0.4) is 0 Å². The van der Waals surface area contributed by atoms with Gasteiger partial charge in [0.1, 0.15) is 11.6 Å². The van der Waals surface area contributed by atoms with Gasteiger partial charge in [-0.25, -0.2) is 4.68 Å². The minimum atomic E-state index is -0.873. The molecule has 0 bridgehead atoms. The van der Waals surface area contributed by atoms with Crippen molar-refractivity contribution >= 4 is 17.7 Å². The fraction of sp³-hybridized carbons (Fsp3) is 0.636. The highest BCUT2D eigenvalue weighted by Crippen LogP contribution is 2.38. The van der Waals surface area contributed by atoms with Crippen molar-refractivity contribution in [2.24, 2.45) is 0 Å². The van der Waals surface area contributed by atoms with E-state index in [0.29, 0.717) is 63.8 Å². The second-order valence-electron chi connectivity index (χ2n) is 12.9. The predicted octanol–water partition coefficient (Wildman–Crippen LogP) is 3.40. The molecule has 3 N–H and O–H groups in total. The van der Waals surface area contributed by atoms with Crippen molar-refractivity contribution in [1.82, 2.24) is 30.2 Å². The quantitative estimate of drug-likeness (QED) is 0.411. The number of hydrogen-bond donors (Lipinski definition) is 3. The van der Waals surface area contributed by atoms with Gasteiger partial charge in [0.15, 0.2) is 0 Å². The summed E-state index contributed by atoms with van der Waals surface area (Å²) in [6, 6.07) is 6.76. The molecule has 1 aromatic carbocycles. The summed E-state index contributed by atoms with van der Waals surface area (Å²) in [7, 11) is 1.62. The molecule has 1 aromatic heterocycles. The summed E-state index contributed by atoms with van der Waals surface area (Å²) in [4.78, 5) is 43.9. The molecule has 43 heavy (non-hydrogen) atoms. The van der Waals surface area contributed by atoms with Crippen molar-refractivity contribution in [3.63, 3.8) is 0 Å². The lowest BCUT2D eigenvalue weighted by Gasteiger charge is -2.52. The van der Waals surface area contributed by atoms with Gasteiger partial charge in [-0.1, -0.05) is 32.6 Å². The number of piperidine rings is 1. The van der Waals surface area contributed by atoms with E-state index in [1.54, 1.807) is 19.2 Å². The molecule has 2 aromatic rings. The number of aliphatic hydroxyl groups is 1. The van der Waals surface area contributed by atoms with Gasteiger partial charge < -0.3 is 20.6 Å². The normalized spacial score (nSPS) is 22.1. The van der Waals surface area contributed by atoms with E-state index in [4.69, 9.17) is 5.10 Å². The number of rotatable bonds is 9. The molecule has 2 saturated heterocycles. The van der Waals surface area contributed by atoms with Gasteiger partial charge in [-0.2, -0.15) is 5.10 Å². The number of amides is 3. The molecule has 3 amide bonds. The number of unbranched alkanes of at least 4 members (excludes halogenated alkanes) is 1. The van der Waals surface area contributed by atoms with Crippen LogP contribution in [0, 0.1) is 13.8 Å². The Bertz CT molecular complexity index is 1320. The maximum Gasteiger partial charge on any atom is 0.251 e. The maximum atomic E-state index is 13.9. The van der Waals surface area contributed by atoms with Crippen LogP contribution in [-0.2, 0) is 16.1 Å². The third-order valence-electron chi connectivity index (χ3n) is 10.0. The minimum absolute atomic E-state index is 0.0316. The van der Waals surface area contributed by atoms with Crippen LogP contribution in [0.4, 0.5) is 0 Å². The molecule has 1 saturated carbocycles. The molecule has 234 valence electrons. The van der Waals surface area contributed by atoms with E-state index in [2.05, 4.69) is 29.4 Å². The number of benzene rings is 1. The van der Waals surface area contributed by atoms with Gasteiger partial charge in [-0.3, -0.25) is 19.3 Å². The highest BCUT2D eigenvalue weighted by molar-refractivity contribution is 6.00. The van der Waals surface area contributed by atoms with Crippen LogP contribution < -0.4 is 10.6 Å². The Balaban J connectivity index is 1.28. The largest absolute Gasteiger partial charge is 0.390 e. The van der Waals surface area contributed by atoms with Crippen LogP contribution in [0.25, 0.3) is 5.69 Å². The topological polar surface area (TPSA) is 120 Å². The first kappa shape index (κ1) is 31.2. The van der Waals surface area contributed by atoms with Crippen LogP contribution in [-0.4, -0.2) is 86.3 Å². The Morgan fingerprint density at radius 3 is 2.37 bits per heavy atom. The monoisotopic (exact) mass is 592 g/mol. The second kappa shape index (κ2) is 12.8. The van der Waals surface area contributed by atoms with Gasteiger partial charge in [0, 0.05) is 56.5 Å². The lowest BCUT2D eigenvalue weighted by Crippen LogP contribution is -2.73. The molecule has 3 heterocycles. The zero-order valence-corrected chi connectivity index (χ0v) is 26.2. The molecule has 10 heteroatoms. The molecule has 0 unspecified atom stereocenters. The molecular formula is C33H48N6O4. The van der Waals surface area contributed by atoms with E-state index in [-0.39, 0.29) is 17.7 Å². The van der Waals surface area contributed by atoms with Crippen molar-refractivity contribution in [2.75, 3.05) is 26.7 Å². The van der Waals surface area contributed by atoms with E-state index in [1.165, 1.54) is 0 Å². The van der Waals surface area contributed by atoms with E-state index < -0.39 is 17.2 Å². The molecule has 1 aliphatic carbocycles. The van der Waals surface area contributed by atoms with Crippen LogP contribution >= 0.6 is 0 Å². The molecule has 3 fully saturated rings. The van der Waals surface area contributed by atoms with E-state index in [1.807, 2.05) is 28.6 Å². The Morgan fingerprint density at radius 1 is 1.07 bits per heavy atom. The third kappa shape index (κ3) is 6.22. The average molecular weight is 593 g/mol.